The van der Waals surface area contributed by atoms with Gasteiger partial charge in [-0.1, -0.05) is 29.8 Å². The highest BCUT2D eigenvalue weighted by molar-refractivity contribution is 6.30. The standard InChI is InChI=1S/C15H15ClN2/c1-11-6-7-12(16)10-15(11)18-9-8-17-13-4-2-3-5-14(13)18/h2-7,10,17H,8-9H2,1H3. The van der Waals surface area contributed by atoms with Crippen LogP contribution in [0.1, 0.15) is 5.56 Å². The number of rotatable bonds is 1. The minimum Gasteiger partial charge on any atom is -0.382 e. The summed E-state index contributed by atoms with van der Waals surface area (Å²) in [4.78, 5) is 2.33. The molecule has 1 aliphatic heterocycles. The van der Waals surface area contributed by atoms with E-state index in [9.17, 15) is 0 Å². The largest absolute Gasteiger partial charge is 0.382 e. The number of nitrogens with one attached hydrogen (secondary N) is 1. The first-order valence-corrected chi connectivity index (χ1v) is 6.50. The van der Waals surface area contributed by atoms with Gasteiger partial charge in [-0.25, -0.2) is 0 Å². The van der Waals surface area contributed by atoms with Gasteiger partial charge in [-0.15, -0.1) is 0 Å². The summed E-state index contributed by atoms with van der Waals surface area (Å²) in [5, 5.41) is 4.21. The Labute approximate surface area is 112 Å². The summed E-state index contributed by atoms with van der Waals surface area (Å²) in [5.41, 5.74) is 4.84. The second-order valence-electron chi connectivity index (χ2n) is 4.53. The van der Waals surface area contributed by atoms with Crippen molar-refractivity contribution in [1.29, 1.82) is 0 Å². The maximum atomic E-state index is 6.12. The van der Waals surface area contributed by atoms with Crippen molar-refractivity contribution in [1.82, 2.24) is 0 Å². The SMILES string of the molecule is Cc1ccc(Cl)cc1N1CCNc2ccccc21. The van der Waals surface area contributed by atoms with Crippen molar-refractivity contribution in [2.45, 2.75) is 6.92 Å². The maximum Gasteiger partial charge on any atom is 0.0647 e. The van der Waals surface area contributed by atoms with Crippen LogP contribution in [-0.2, 0) is 0 Å². The molecule has 2 nitrogen and oxygen atoms in total. The van der Waals surface area contributed by atoms with Gasteiger partial charge >= 0.3 is 0 Å². The van der Waals surface area contributed by atoms with Crippen LogP contribution in [0, 0.1) is 6.92 Å². The number of nitrogens with zero attached hydrogens (tertiary/aromatic N) is 1. The summed E-state index contributed by atoms with van der Waals surface area (Å²) >= 11 is 6.12. The summed E-state index contributed by atoms with van der Waals surface area (Å²) < 4.78 is 0. The molecule has 18 heavy (non-hydrogen) atoms. The van der Waals surface area contributed by atoms with Gasteiger partial charge in [0.05, 0.1) is 11.4 Å². The van der Waals surface area contributed by atoms with Gasteiger partial charge in [-0.2, -0.15) is 0 Å². The Morgan fingerprint density at radius 1 is 1.11 bits per heavy atom. The molecule has 0 aliphatic carbocycles. The van der Waals surface area contributed by atoms with Crippen molar-refractivity contribution in [3.63, 3.8) is 0 Å². The van der Waals surface area contributed by atoms with Crippen LogP contribution in [0.2, 0.25) is 5.02 Å². The third-order valence-electron chi connectivity index (χ3n) is 3.31. The molecule has 0 aromatic heterocycles. The molecule has 2 aromatic rings. The lowest BCUT2D eigenvalue weighted by atomic mass is 10.1. The zero-order valence-electron chi connectivity index (χ0n) is 10.3. The molecular weight excluding hydrogens is 244 g/mol. The van der Waals surface area contributed by atoms with Gasteiger partial charge < -0.3 is 10.2 Å². The number of fused-ring (bicyclic) bond motifs is 1. The van der Waals surface area contributed by atoms with Crippen LogP contribution in [-0.4, -0.2) is 13.1 Å². The molecule has 1 N–H and O–H groups in total. The summed E-state index contributed by atoms with van der Waals surface area (Å²) in [6, 6.07) is 14.4. The molecule has 0 saturated heterocycles. The molecule has 0 atom stereocenters. The molecular formula is C15H15ClN2. The van der Waals surface area contributed by atoms with Gasteiger partial charge in [-0.05, 0) is 36.8 Å². The molecule has 92 valence electrons. The number of aryl methyl sites for hydroxylation is 1. The number of para-hydroxylation sites is 2. The summed E-state index contributed by atoms with van der Waals surface area (Å²) in [5.74, 6) is 0. The number of hydrogen-bond donors (Lipinski definition) is 1. The minimum absolute atomic E-state index is 0.784. The van der Waals surface area contributed by atoms with Crippen molar-refractivity contribution >= 4 is 28.7 Å². The van der Waals surface area contributed by atoms with Gasteiger partial charge in [-0.3, -0.25) is 0 Å². The molecule has 0 fully saturated rings. The van der Waals surface area contributed by atoms with E-state index in [0.717, 1.165) is 18.1 Å². The van der Waals surface area contributed by atoms with E-state index in [-0.39, 0.29) is 0 Å². The Hall–Kier alpha value is -1.67. The van der Waals surface area contributed by atoms with Gasteiger partial charge in [0.1, 0.15) is 0 Å². The van der Waals surface area contributed by atoms with E-state index in [0.29, 0.717) is 0 Å². The molecule has 1 heterocycles. The molecule has 0 radical (unpaired) electrons. The lowest BCUT2D eigenvalue weighted by molar-refractivity contribution is 0.923. The van der Waals surface area contributed by atoms with Crippen LogP contribution in [0.3, 0.4) is 0 Å². The number of anilines is 3. The average molecular weight is 259 g/mol. The maximum absolute atomic E-state index is 6.12. The van der Waals surface area contributed by atoms with E-state index in [2.05, 4.69) is 47.5 Å². The van der Waals surface area contributed by atoms with Crippen LogP contribution in [0.15, 0.2) is 42.5 Å². The Kier molecular flexibility index (Phi) is 2.88. The smallest absolute Gasteiger partial charge is 0.0647 e. The Morgan fingerprint density at radius 3 is 2.83 bits per heavy atom. The van der Waals surface area contributed by atoms with E-state index in [1.807, 2.05) is 12.1 Å². The van der Waals surface area contributed by atoms with Crippen molar-refractivity contribution < 1.29 is 0 Å². The van der Waals surface area contributed by atoms with E-state index >= 15 is 0 Å². The fourth-order valence-electron chi connectivity index (χ4n) is 2.40. The van der Waals surface area contributed by atoms with Crippen molar-refractivity contribution in [3.8, 4) is 0 Å². The zero-order chi connectivity index (χ0) is 12.5. The van der Waals surface area contributed by atoms with Crippen LogP contribution in [0.4, 0.5) is 17.1 Å². The van der Waals surface area contributed by atoms with E-state index < -0.39 is 0 Å². The molecule has 3 heteroatoms. The number of benzene rings is 2. The fourth-order valence-corrected chi connectivity index (χ4v) is 2.57. The zero-order valence-corrected chi connectivity index (χ0v) is 11.0. The number of halogens is 1. The summed E-state index contributed by atoms with van der Waals surface area (Å²) in [6.07, 6.45) is 0. The molecule has 0 saturated carbocycles. The molecule has 3 rings (SSSR count). The van der Waals surface area contributed by atoms with Crippen molar-refractivity contribution in [2.24, 2.45) is 0 Å². The average Bonchev–Trinajstić information content (AvgIpc) is 2.41. The molecule has 0 bridgehead atoms. The molecule has 0 unspecified atom stereocenters. The van der Waals surface area contributed by atoms with Gasteiger partial charge in [0.25, 0.3) is 0 Å². The van der Waals surface area contributed by atoms with E-state index in [1.54, 1.807) is 0 Å². The predicted octanol–water partition coefficient (Wildman–Crippen LogP) is 4.21. The topological polar surface area (TPSA) is 15.3 Å². The summed E-state index contributed by atoms with van der Waals surface area (Å²) in [7, 11) is 0. The normalized spacial score (nSPS) is 14.0. The van der Waals surface area contributed by atoms with Crippen molar-refractivity contribution in [3.05, 3.63) is 53.1 Å². The molecule has 2 aromatic carbocycles. The lowest BCUT2D eigenvalue weighted by Gasteiger charge is -2.33. The van der Waals surface area contributed by atoms with Crippen LogP contribution >= 0.6 is 11.6 Å². The van der Waals surface area contributed by atoms with Gasteiger partial charge in [0.2, 0.25) is 0 Å². The van der Waals surface area contributed by atoms with E-state index in [1.165, 1.54) is 22.6 Å². The Morgan fingerprint density at radius 2 is 1.94 bits per heavy atom. The minimum atomic E-state index is 0.784. The molecule has 0 amide bonds. The highest BCUT2D eigenvalue weighted by Gasteiger charge is 2.18. The first-order valence-electron chi connectivity index (χ1n) is 6.12. The first-order chi connectivity index (χ1) is 8.75. The first kappa shape index (κ1) is 11.4. The third-order valence-corrected chi connectivity index (χ3v) is 3.54. The Bertz CT molecular complexity index is 580. The fraction of sp³-hybridized carbons (Fsp3) is 0.200. The summed E-state index contributed by atoms with van der Waals surface area (Å²) in [6.45, 7) is 4.03. The van der Waals surface area contributed by atoms with Gasteiger partial charge in [0, 0.05) is 23.8 Å². The molecule has 0 spiro atoms. The lowest BCUT2D eigenvalue weighted by Crippen LogP contribution is -2.30. The second kappa shape index (κ2) is 4.54. The molecule has 1 aliphatic rings. The van der Waals surface area contributed by atoms with Crippen molar-refractivity contribution in [2.75, 3.05) is 23.3 Å². The second-order valence-corrected chi connectivity index (χ2v) is 4.96. The highest BCUT2D eigenvalue weighted by atomic mass is 35.5. The quantitative estimate of drug-likeness (QED) is 0.824. The van der Waals surface area contributed by atoms with E-state index in [4.69, 9.17) is 11.6 Å². The predicted molar refractivity (Wildman–Crippen MR) is 78.1 cm³/mol. The van der Waals surface area contributed by atoms with Crippen LogP contribution in [0.5, 0.6) is 0 Å². The van der Waals surface area contributed by atoms with Gasteiger partial charge in [0.15, 0.2) is 0 Å². The van der Waals surface area contributed by atoms with Crippen LogP contribution in [0.25, 0.3) is 0 Å². The monoisotopic (exact) mass is 258 g/mol. The Balaban J connectivity index is 2.11. The van der Waals surface area contributed by atoms with Crippen LogP contribution < -0.4 is 10.2 Å². The third kappa shape index (κ3) is 1.93. The number of hydrogen-bond acceptors (Lipinski definition) is 2. The highest BCUT2D eigenvalue weighted by Crippen LogP contribution is 2.36.